The average molecular weight is 318 g/mol. The highest BCUT2D eigenvalue weighted by Gasteiger charge is 2.25. The van der Waals surface area contributed by atoms with Gasteiger partial charge in [0.05, 0.1) is 0 Å². The molecule has 1 saturated heterocycles. The second kappa shape index (κ2) is 5.80. The van der Waals surface area contributed by atoms with Gasteiger partial charge in [0.2, 0.25) is 0 Å². The molecular formula is C12H20BrN3S. The van der Waals surface area contributed by atoms with Crippen molar-refractivity contribution in [2.45, 2.75) is 18.5 Å². The molecule has 2 atom stereocenters. The molecule has 0 aromatic carbocycles. The van der Waals surface area contributed by atoms with Gasteiger partial charge in [-0.2, -0.15) is 0 Å². The molecule has 17 heavy (non-hydrogen) atoms. The second-order valence-electron chi connectivity index (χ2n) is 4.87. The van der Waals surface area contributed by atoms with Crippen LogP contribution in [-0.2, 0) is 0 Å². The van der Waals surface area contributed by atoms with E-state index in [1.165, 1.54) is 4.88 Å². The Labute approximate surface area is 116 Å². The molecule has 2 heterocycles. The monoisotopic (exact) mass is 317 g/mol. The van der Waals surface area contributed by atoms with Crippen molar-refractivity contribution in [2.75, 3.05) is 33.7 Å². The lowest BCUT2D eigenvalue weighted by Crippen LogP contribution is -2.50. The molecule has 3 nitrogen and oxygen atoms in total. The fourth-order valence-electron chi connectivity index (χ4n) is 2.33. The van der Waals surface area contributed by atoms with E-state index in [-0.39, 0.29) is 6.04 Å². The average Bonchev–Trinajstić information content (AvgIpc) is 2.70. The van der Waals surface area contributed by atoms with Crippen molar-refractivity contribution in [3.63, 3.8) is 0 Å². The lowest BCUT2D eigenvalue weighted by Gasteiger charge is -2.38. The van der Waals surface area contributed by atoms with E-state index in [9.17, 15) is 0 Å². The SMILES string of the molecule is CN1CCN(C)C(CC(N)c2sccc2Br)C1. The smallest absolute Gasteiger partial charge is 0.0416 e. The Morgan fingerprint density at radius 2 is 2.29 bits per heavy atom. The molecule has 1 aliphatic rings. The molecule has 0 spiro atoms. The Hall–Kier alpha value is 0.0600. The normalized spacial score (nSPS) is 25.1. The first-order chi connectivity index (χ1) is 8.08. The first-order valence-electron chi connectivity index (χ1n) is 5.95. The van der Waals surface area contributed by atoms with Gasteiger partial charge in [-0.1, -0.05) is 0 Å². The van der Waals surface area contributed by atoms with Crippen LogP contribution in [0.5, 0.6) is 0 Å². The molecule has 0 saturated carbocycles. The molecule has 2 N–H and O–H groups in total. The standard InChI is InChI=1S/C12H20BrN3S/c1-15-4-5-16(2)9(8-15)7-11(14)12-10(13)3-6-17-12/h3,6,9,11H,4-5,7-8,14H2,1-2H3. The van der Waals surface area contributed by atoms with Crippen molar-refractivity contribution in [3.05, 3.63) is 20.8 Å². The fraction of sp³-hybridized carbons (Fsp3) is 0.667. The number of halogens is 1. The predicted molar refractivity (Wildman–Crippen MR) is 77.5 cm³/mol. The van der Waals surface area contributed by atoms with Gasteiger partial charge in [0.25, 0.3) is 0 Å². The maximum Gasteiger partial charge on any atom is 0.0416 e. The number of piperazine rings is 1. The summed E-state index contributed by atoms with van der Waals surface area (Å²) >= 11 is 5.31. The Kier molecular flexibility index (Phi) is 4.60. The summed E-state index contributed by atoms with van der Waals surface area (Å²) < 4.78 is 1.15. The second-order valence-corrected chi connectivity index (χ2v) is 6.67. The lowest BCUT2D eigenvalue weighted by molar-refractivity contribution is 0.104. The zero-order chi connectivity index (χ0) is 12.4. The van der Waals surface area contributed by atoms with Crippen molar-refractivity contribution >= 4 is 27.3 Å². The third kappa shape index (κ3) is 3.29. The van der Waals surface area contributed by atoms with Gasteiger partial charge in [-0.15, -0.1) is 11.3 Å². The Morgan fingerprint density at radius 3 is 2.94 bits per heavy atom. The molecule has 2 rings (SSSR count). The number of nitrogens with two attached hydrogens (primary N) is 1. The van der Waals surface area contributed by atoms with Crippen molar-refractivity contribution in [1.29, 1.82) is 0 Å². The van der Waals surface area contributed by atoms with Crippen LogP contribution >= 0.6 is 27.3 Å². The van der Waals surface area contributed by atoms with Gasteiger partial charge >= 0.3 is 0 Å². The van der Waals surface area contributed by atoms with Gasteiger partial charge in [-0.3, -0.25) is 0 Å². The molecule has 96 valence electrons. The molecule has 0 radical (unpaired) electrons. The topological polar surface area (TPSA) is 32.5 Å². The van der Waals surface area contributed by atoms with E-state index in [1.54, 1.807) is 11.3 Å². The highest BCUT2D eigenvalue weighted by molar-refractivity contribution is 9.10. The number of nitrogens with zero attached hydrogens (tertiary/aromatic N) is 2. The van der Waals surface area contributed by atoms with Gasteiger partial charge in [0.1, 0.15) is 0 Å². The minimum atomic E-state index is 0.142. The molecule has 1 aromatic heterocycles. The first kappa shape index (κ1) is 13.5. The number of hydrogen-bond acceptors (Lipinski definition) is 4. The molecule has 1 fully saturated rings. The van der Waals surface area contributed by atoms with Crippen LogP contribution in [0.2, 0.25) is 0 Å². The summed E-state index contributed by atoms with van der Waals surface area (Å²) in [6.07, 6.45) is 1.03. The number of rotatable bonds is 3. The van der Waals surface area contributed by atoms with Crippen LogP contribution in [0.25, 0.3) is 0 Å². The van der Waals surface area contributed by atoms with Crippen LogP contribution in [0, 0.1) is 0 Å². The molecule has 2 unspecified atom stereocenters. The maximum atomic E-state index is 6.31. The molecule has 5 heteroatoms. The van der Waals surface area contributed by atoms with Crippen LogP contribution in [0.4, 0.5) is 0 Å². The van der Waals surface area contributed by atoms with Crippen molar-refractivity contribution in [1.82, 2.24) is 9.80 Å². The van der Waals surface area contributed by atoms with E-state index in [4.69, 9.17) is 5.73 Å². The molecule has 0 aliphatic carbocycles. The summed E-state index contributed by atoms with van der Waals surface area (Å²) in [7, 11) is 4.39. The van der Waals surface area contributed by atoms with Gasteiger partial charge in [-0.25, -0.2) is 0 Å². The molecule has 1 aromatic rings. The highest BCUT2D eigenvalue weighted by atomic mass is 79.9. The van der Waals surface area contributed by atoms with Crippen LogP contribution in [0.1, 0.15) is 17.3 Å². The van der Waals surface area contributed by atoms with E-state index in [0.29, 0.717) is 6.04 Å². The molecular weight excluding hydrogens is 298 g/mol. The quantitative estimate of drug-likeness (QED) is 0.927. The molecule has 0 amide bonds. The van der Waals surface area contributed by atoms with Crippen molar-refractivity contribution < 1.29 is 0 Å². The van der Waals surface area contributed by atoms with Crippen LogP contribution in [0.15, 0.2) is 15.9 Å². The van der Waals surface area contributed by atoms with Gasteiger partial charge in [0.15, 0.2) is 0 Å². The van der Waals surface area contributed by atoms with Gasteiger partial charge < -0.3 is 15.5 Å². The van der Waals surface area contributed by atoms with Crippen molar-refractivity contribution in [2.24, 2.45) is 5.73 Å². The Morgan fingerprint density at radius 1 is 1.53 bits per heavy atom. The van der Waals surface area contributed by atoms with Gasteiger partial charge in [0, 0.05) is 41.1 Å². The zero-order valence-electron chi connectivity index (χ0n) is 10.4. The van der Waals surface area contributed by atoms with E-state index < -0.39 is 0 Å². The van der Waals surface area contributed by atoms with E-state index >= 15 is 0 Å². The zero-order valence-corrected chi connectivity index (χ0v) is 12.8. The minimum absolute atomic E-state index is 0.142. The highest BCUT2D eigenvalue weighted by Crippen LogP contribution is 2.31. The van der Waals surface area contributed by atoms with Crippen LogP contribution < -0.4 is 5.73 Å². The van der Waals surface area contributed by atoms with E-state index in [0.717, 1.165) is 30.5 Å². The summed E-state index contributed by atoms with van der Waals surface area (Å²) in [4.78, 5) is 6.09. The Bertz CT molecular complexity index is 368. The molecule has 0 bridgehead atoms. The van der Waals surface area contributed by atoms with Crippen LogP contribution in [0.3, 0.4) is 0 Å². The Balaban J connectivity index is 1.98. The summed E-state index contributed by atoms with van der Waals surface area (Å²) in [6, 6.07) is 2.79. The summed E-state index contributed by atoms with van der Waals surface area (Å²) in [5, 5.41) is 2.09. The number of hydrogen-bond donors (Lipinski definition) is 1. The molecule has 1 aliphatic heterocycles. The number of thiophene rings is 1. The van der Waals surface area contributed by atoms with Gasteiger partial charge in [-0.05, 0) is 47.9 Å². The minimum Gasteiger partial charge on any atom is -0.323 e. The van der Waals surface area contributed by atoms with Crippen molar-refractivity contribution in [3.8, 4) is 0 Å². The fourth-order valence-corrected chi connectivity index (χ4v) is 4.01. The van der Waals surface area contributed by atoms with E-state index in [2.05, 4.69) is 51.3 Å². The third-order valence-electron chi connectivity index (χ3n) is 3.49. The lowest BCUT2D eigenvalue weighted by atomic mass is 10.0. The summed E-state index contributed by atoms with van der Waals surface area (Å²) in [5.74, 6) is 0. The van der Waals surface area contributed by atoms with Crippen LogP contribution in [-0.4, -0.2) is 49.6 Å². The largest absolute Gasteiger partial charge is 0.323 e. The summed E-state index contributed by atoms with van der Waals surface area (Å²) in [5.41, 5.74) is 6.31. The maximum absolute atomic E-state index is 6.31. The predicted octanol–water partition coefficient (Wildman–Crippen LogP) is 2.15. The third-order valence-corrected chi connectivity index (χ3v) is 5.49. The number of likely N-dealkylation sites (N-methyl/N-ethyl adjacent to an activating group) is 2. The van der Waals surface area contributed by atoms with E-state index in [1.807, 2.05) is 0 Å². The summed E-state index contributed by atoms with van der Waals surface area (Å²) in [6.45, 7) is 3.41. The first-order valence-corrected chi connectivity index (χ1v) is 7.62.